The van der Waals surface area contributed by atoms with Crippen molar-refractivity contribution in [3.8, 4) is 0 Å². The third kappa shape index (κ3) is 3.03. The topological polar surface area (TPSA) is 79.3 Å². The summed E-state index contributed by atoms with van der Waals surface area (Å²) in [7, 11) is 0. The summed E-state index contributed by atoms with van der Waals surface area (Å²) >= 11 is 1.57. The molecule has 0 saturated heterocycles. The van der Waals surface area contributed by atoms with Crippen molar-refractivity contribution in [3.63, 3.8) is 0 Å². The van der Waals surface area contributed by atoms with E-state index in [1.807, 2.05) is 22.2 Å². The number of aromatic amines is 1. The monoisotopic (exact) mass is 302 g/mol. The SMILES string of the molecule is Cc1cc(=O)cc(C(=O)NCCc2cn3ccsc3n2)[nH]1. The van der Waals surface area contributed by atoms with Crippen molar-refractivity contribution in [2.24, 2.45) is 0 Å². The Balaban J connectivity index is 1.60. The van der Waals surface area contributed by atoms with Gasteiger partial charge < -0.3 is 10.3 Å². The molecule has 0 spiro atoms. The van der Waals surface area contributed by atoms with Crippen LogP contribution in [0.25, 0.3) is 4.96 Å². The molecule has 0 aromatic carbocycles. The van der Waals surface area contributed by atoms with Gasteiger partial charge in [0.15, 0.2) is 10.4 Å². The first-order valence-corrected chi connectivity index (χ1v) is 7.40. The van der Waals surface area contributed by atoms with Gasteiger partial charge in [-0.15, -0.1) is 11.3 Å². The lowest BCUT2D eigenvalue weighted by molar-refractivity contribution is 0.0949. The largest absolute Gasteiger partial charge is 0.354 e. The number of aromatic nitrogens is 3. The molecule has 7 heteroatoms. The fourth-order valence-corrected chi connectivity index (χ4v) is 2.82. The summed E-state index contributed by atoms with van der Waals surface area (Å²) in [6, 6.07) is 2.75. The van der Waals surface area contributed by atoms with E-state index in [1.54, 1.807) is 18.3 Å². The summed E-state index contributed by atoms with van der Waals surface area (Å²) in [6.07, 6.45) is 4.55. The maximum Gasteiger partial charge on any atom is 0.267 e. The zero-order chi connectivity index (χ0) is 14.8. The predicted octanol–water partition coefficient (Wildman–Crippen LogP) is 1.37. The minimum Gasteiger partial charge on any atom is -0.354 e. The highest BCUT2D eigenvalue weighted by Gasteiger charge is 2.08. The van der Waals surface area contributed by atoms with E-state index in [9.17, 15) is 9.59 Å². The lowest BCUT2D eigenvalue weighted by atomic mass is 10.3. The summed E-state index contributed by atoms with van der Waals surface area (Å²) < 4.78 is 1.96. The van der Waals surface area contributed by atoms with E-state index in [4.69, 9.17) is 0 Å². The molecule has 3 aromatic heterocycles. The number of imidazole rings is 1. The molecule has 3 heterocycles. The zero-order valence-corrected chi connectivity index (χ0v) is 12.2. The number of pyridine rings is 1. The molecule has 21 heavy (non-hydrogen) atoms. The van der Waals surface area contributed by atoms with E-state index >= 15 is 0 Å². The standard InChI is InChI=1S/C14H14N4O2S/c1-9-6-11(19)7-12(16-9)13(20)15-3-2-10-8-18-4-5-21-14(18)17-10/h4-8H,2-3H2,1H3,(H,15,20)(H,16,19). The highest BCUT2D eigenvalue weighted by Crippen LogP contribution is 2.11. The number of H-pyrrole nitrogens is 1. The Labute approximate surface area is 124 Å². The summed E-state index contributed by atoms with van der Waals surface area (Å²) in [6.45, 7) is 2.22. The molecule has 0 radical (unpaired) electrons. The predicted molar refractivity (Wildman–Crippen MR) is 80.9 cm³/mol. The normalized spacial score (nSPS) is 10.9. The third-order valence-corrected chi connectivity index (χ3v) is 3.80. The van der Waals surface area contributed by atoms with Gasteiger partial charge in [-0.2, -0.15) is 0 Å². The number of hydrogen-bond acceptors (Lipinski definition) is 4. The van der Waals surface area contributed by atoms with Crippen LogP contribution in [0.3, 0.4) is 0 Å². The minimum absolute atomic E-state index is 0.175. The smallest absolute Gasteiger partial charge is 0.267 e. The second-order valence-corrected chi connectivity index (χ2v) is 5.62. The van der Waals surface area contributed by atoms with Crippen molar-refractivity contribution in [1.82, 2.24) is 19.7 Å². The fraction of sp³-hybridized carbons (Fsp3) is 0.214. The van der Waals surface area contributed by atoms with E-state index in [1.165, 1.54) is 12.1 Å². The van der Waals surface area contributed by atoms with Crippen molar-refractivity contribution in [1.29, 1.82) is 0 Å². The first kappa shape index (κ1) is 13.6. The van der Waals surface area contributed by atoms with Gasteiger partial charge in [-0.1, -0.05) is 0 Å². The number of carbonyl (C=O) groups excluding carboxylic acids is 1. The molecule has 0 fully saturated rings. The molecule has 0 aliphatic carbocycles. The van der Waals surface area contributed by atoms with E-state index < -0.39 is 0 Å². The minimum atomic E-state index is -0.281. The second-order valence-electron chi connectivity index (χ2n) is 4.74. The van der Waals surface area contributed by atoms with Gasteiger partial charge in [0, 0.05) is 48.6 Å². The van der Waals surface area contributed by atoms with Crippen LogP contribution < -0.4 is 10.7 Å². The summed E-state index contributed by atoms with van der Waals surface area (Å²) in [5.74, 6) is -0.281. The number of nitrogens with one attached hydrogen (secondary N) is 2. The molecular formula is C14H14N4O2S. The Morgan fingerprint density at radius 1 is 1.48 bits per heavy atom. The Bertz CT molecular complexity index is 817. The van der Waals surface area contributed by atoms with E-state index in [2.05, 4.69) is 15.3 Å². The van der Waals surface area contributed by atoms with Gasteiger partial charge in [0.25, 0.3) is 5.91 Å². The van der Waals surface area contributed by atoms with Crippen LogP contribution in [-0.4, -0.2) is 26.8 Å². The third-order valence-electron chi connectivity index (χ3n) is 3.03. The number of rotatable bonds is 4. The van der Waals surface area contributed by atoms with E-state index in [-0.39, 0.29) is 17.0 Å². The molecule has 0 saturated carbocycles. The summed E-state index contributed by atoms with van der Waals surface area (Å²) in [5.41, 5.74) is 1.71. The number of aryl methyl sites for hydroxylation is 1. The number of fused-ring (bicyclic) bond motifs is 1. The molecule has 2 N–H and O–H groups in total. The highest BCUT2D eigenvalue weighted by atomic mass is 32.1. The fourth-order valence-electron chi connectivity index (χ4n) is 2.10. The van der Waals surface area contributed by atoms with Gasteiger partial charge in [-0.25, -0.2) is 4.98 Å². The first-order valence-electron chi connectivity index (χ1n) is 6.52. The average Bonchev–Trinajstić information content (AvgIpc) is 2.98. The number of thiazole rings is 1. The Morgan fingerprint density at radius 2 is 2.33 bits per heavy atom. The first-order chi connectivity index (χ1) is 10.1. The quantitative estimate of drug-likeness (QED) is 0.764. The van der Waals surface area contributed by atoms with Crippen molar-refractivity contribution >= 4 is 22.2 Å². The lowest BCUT2D eigenvalue weighted by Crippen LogP contribution is -2.27. The zero-order valence-electron chi connectivity index (χ0n) is 11.4. The van der Waals surface area contributed by atoms with Crippen molar-refractivity contribution in [3.05, 3.63) is 57.2 Å². The van der Waals surface area contributed by atoms with Crippen LogP contribution >= 0.6 is 11.3 Å². The van der Waals surface area contributed by atoms with Crippen LogP contribution in [0.15, 0.2) is 34.7 Å². The van der Waals surface area contributed by atoms with Crippen LogP contribution in [0.5, 0.6) is 0 Å². The van der Waals surface area contributed by atoms with Gasteiger partial charge in [0.2, 0.25) is 0 Å². The molecule has 0 aliphatic heterocycles. The maximum absolute atomic E-state index is 12.0. The number of hydrogen-bond donors (Lipinski definition) is 2. The lowest BCUT2D eigenvalue weighted by Gasteiger charge is -2.04. The number of amides is 1. The van der Waals surface area contributed by atoms with Crippen molar-refractivity contribution in [2.75, 3.05) is 6.54 Å². The molecule has 6 nitrogen and oxygen atoms in total. The average molecular weight is 302 g/mol. The summed E-state index contributed by atoms with van der Waals surface area (Å²) in [5, 5.41) is 4.76. The summed E-state index contributed by atoms with van der Waals surface area (Å²) in [4.78, 5) is 31.6. The Morgan fingerprint density at radius 3 is 3.10 bits per heavy atom. The van der Waals surface area contributed by atoms with Crippen molar-refractivity contribution in [2.45, 2.75) is 13.3 Å². The van der Waals surface area contributed by atoms with E-state index in [0.717, 1.165) is 10.7 Å². The second kappa shape index (κ2) is 5.53. The highest BCUT2D eigenvalue weighted by molar-refractivity contribution is 7.15. The van der Waals surface area contributed by atoms with Crippen molar-refractivity contribution < 1.29 is 4.79 Å². The molecule has 108 valence electrons. The molecule has 1 amide bonds. The van der Waals surface area contributed by atoms with Crippen LogP contribution in [0.4, 0.5) is 0 Å². The molecule has 0 unspecified atom stereocenters. The maximum atomic E-state index is 12.0. The molecule has 3 aromatic rings. The number of carbonyl (C=O) groups is 1. The Kier molecular flexibility index (Phi) is 3.57. The van der Waals surface area contributed by atoms with Gasteiger partial charge in [-0.05, 0) is 6.92 Å². The van der Waals surface area contributed by atoms with Crippen LogP contribution in [-0.2, 0) is 6.42 Å². The van der Waals surface area contributed by atoms with Crippen LogP contribution in [0, 0.1) is 6.92 Å². The molecule has 0 atom stereocenters. The van der Waals surface area contributed by atoms with Gasteiger partial charge in [0.1, 0.15) is 5.69 Å². The number of nitrogens with zero attached hydrogens (tertiary/aromatic N) is 2. The Hall–Kier alpha value is -2.41. The van der Waals surface area contributed by atoms with Gasteiger partial charge in [-0.3, -0.25) is 14.0 Å². The van der Waals surface area contributed by atoms with E-state index in [0.29, 0.717) is 18.7 Å². The molecule has 0 bridgehead atoms. The van der Waals surface area contributed by atoms with Crippen LogP contribution in [0.2, 0.25) is 0 Å². The molecule has 0 aliphatic rings. The molecule has 3 rings (SSSR count). The van der Waals surface area contributed by atoms with Crippen LogP contribution in [0.1, 0.15) is 21.9 Å². The van der Waals surface area contributed by atoms with Gasteiger partial charge in [0.05, 0.1) is 5.69 Å². The van der Waals surface area contributed by atoms with Gasteiger partial charge >= 0.3 is 0 Å². The molecular weight excluding hydrogens is 288 g/mol.